The molecule has 0 aliphatic carbocycles. The maximum absolute atomic E-state index is 12.4. The summed E-state index contributed by atoms with van der Waals surface area (Å²) >= 11 is 5.82. The fraction of sp³-hybridized carbons (Fsp3) is 0.467. The minimum absolute atomic E-state index is 0.0193. The summed E-state index contributed by atoms with van der Waals surface area (Å²) < 4.78 is 0. The second kappa shape index (κ2) is 6.35. The Bertz CT molecular complexity index is 552. The fourth-order valence-electron chi connectivity index (χ4n) is 2.78. The third-order valence-corrected chi connectivity index (χ3v) is 4.21. The third-order valence-electron chi connectivity index (χ3n) is 3.88. The molecule has 0 aromatic heterocycles. The van der Waals surface area contributed by atoms with Crippen molar-refractivity contribution in [3.8, 4) is 0 Å². The van der Waals surface area contributed by atoms with Gasteiger partial charge in [0.25, 0.3) is 0 Å². The van der Waals surface area contributed by atoms with Crippen molar-refractivity contribution in [1.82, 2.24) is 4.90 Å². The monoisotopic (exact) mass is 310 g/mol. The summed E-state index contributed by atoms with van der Waals surface area (Å²) in [4.78, 5) is 25.3. The van der Waals surface area contributed by atoms with Gasteiger partial charge in [-0.2, -0.15) is 0 Å². The molecule has 0 spiro atoms. The first-order valence-corrected chi connectivity index (χ1v) is 7.40. The van der Waals surface area contributed by atoms with Crippen molar-refractivity contribution >= 4 is 29.3 Å². The van der Waals surface area contributed by atoms with Crippen molar-refractivity contribution in [2.45, 2.75) is 45.2 Å². The number of halogens is 1. The van der Waals surface area contributed by atoms with Crippen LogP contribution in [0.1, 0.15) is 43.5 Å². The van der Waals surface area contributed by atoms with E-state index in [-0.39, 0.29) is 28.7 Å². The molecule has 0 saturated carbocycles. The maximum atomic E-state index is 12.4. The molecule has 2 rings (SSSR count). The van der Waals surface area contributed by atoms with E-state index in [1.165, 1.54) is 12.1 Å². The lowest BCUT2D eigenvalue weighted by Gasteiger charge is -2.38. The number of carbonyl (C=O) groups is 2. The van der Waals surface area contributed by atoms with Crippen molar-refractivity contribution in [1.29, 1.82) is 0 Å². The highest BCUT2D eigenvalue weighted by Gasteiger charge is 2.29. The number of nitrogens with one attached hydrogen (secondary N) is 1. The van der Waals surface area contributed by atoms with Crippen LogP contribution in [0.4, 0.5) is 10.5 Å². The molecule has 2 atom stereocenters. The van der Waals surface area contributed by atoms with E-state index in [9.17, 15) is 9.59 Å². The van der Waals surface area contributed by atoms with E-state index in [0.29, 0.717) is 5.69 Å². The van der Waals surface area contributed by atoms with Gasteiger partial charge in [-0.25, -0.2) is 9.59 Å². The zero-order valence-corrected chi connectivity index (χ0v) is 12.9. The zero-order valence-electron chi connectivity index (χ0n) is 12.1. The van der Waals surface area contributed by atoms with Crippen LogP contribution >= 0.6 is 11.6 Å². The number of urea groups is 1. The van der Waals surface area contributed by atoms with Crippen molar-refractivity contribution in [2.24, 2.45) is 0 Å². The van der Waals surface area contributed by atoms with Crippen LogP contribution in [0.15, 0.2) is 18.2 Å². The van der Waals surface area contributed by atoms with Crippen molar-refractivity contribution in [3.63, 3.8) is 0 Å². The molecule has 1 heterocycles. The molecule has 0 radical (unpaired) electrons. The lowest BCUT2D eigenvalue weighted by atomic mass is 9.98. The van der Waals surface area contributed by atoms with Crippen molar-refractivity contribution < 1.29 is 14.7 Å². The van der Waals surface area contributed by atoms with Gasteiger partial charge in [-0.05, 0) is 51.3 Å². The smallest absolute Gasteiger partial charge is 0.337 e. The van der Waals surface area contributed by atoms with Crippen LogP contribution in [0.25, 0.3) is 0 Å². The zero-order chi connectivity index (χ0) is 15.6. The van der Waals surface area contributed by atoms with Crippen LogP contribution in [-0.2, 0) is 0 Å². The normalized spacial score (nSPS) is 22.0. The SMILES string of the molecule is CC1CCCC(C)N1C(=O)Nc1ccc(Cl)c(C(=O)O)c1. The highest BCUT2D eigenvalue weighted by Crippen LogP contribution is 2.25. The van der Waals surface area contributed by atoms with E-state index >= 15 is 0 Å². The topological polar surface area (TPSA) is 69.6 Å². The third kappa shape index (κ3) is 3.47. The average molecular weight is 311 g/mol. The molecule has 114 valence electrons. The van der Waals surface area contributed by atoms with Crippen LogP contribution in [0.5, 0.6) is 0 Å². The summed E-state index contributed by atoms with van der Waals surface area (Å²) in [6.45, 7) is 4.06. The minimum atomic E-state index is -1.11. The molecular formula is C15H19ClN2O3. The Morgan fingerprint density at radius 1 is 1.29 bits per heavy atom. The second-order valence-electron chi connectivity index (χ2n) is 5.47. The number of rotatable bonds is 2. The minimum Gasteiger partial charge on any atom is -0.478 e. The van der Waals surface area contributed by atoms with E-state index < -0.39 is 5.97 Å². The van der Waals surface area contributed by atoms with Gasteiger partial charge in [0.15, 0.2) is 0 Å². The number of nitrogens with zero attached hydrogens (tertiary/aromatic N) is 1. The largest absolute Gasteiger partial charge is 0.478 e. The highest BCUT2D eigenvalue weighted by atomic mass is 35.5. The quantitative estimate of drug-likeness (QED) is 0.872. The Balaban J connectivity index is 2.15. The van der Waals surface area contributed by atoms with Gasteiger partial charge in [-0.3, -0.25) is 0 Å². The summed E-state index contributed by atoms with van der Waals surface area (Å²) in [7, 11) is 0. The summed E-state index contributed by atoms with van der Waals surface area (Å²) in [5, 5.41) is 12.0. The number of aromatic carboxylic acids is 1. The highest BCUT2D eigenvalue weighted by molar-refractivity contribution is 6.33. The first-order valence-electron chi connectivity index (χ1n) is 7.02. The molecule has 21 heavy (non-hydrogen) atoms. The number of carbonyl (C=O) groups excluding carboxylic acids is 1. The molecule has 1 aliphatic heterocycles. The number of carboxylic acid groups (broad SMARTS) is 1. The number of likely N-dealkylation sites (tertiary alicyclic amines) is 1. The van der Waals surface area contributed by atoms with E-state index in [1.807, 2.05) is 18.7 Å². The molecule has 1 aromatic rings. The molecule has 5 nitrogen and oxygen atoms in total. The molecule has 1 aliphatic rings. The summed E-state index contributed by atoms with van der Waals surface area (Å²) in [5.41, 5.74) is 0.418. The number of amides is 2. The Kier molecular flexibility index (Phi) is 4.73. The van der Waals surface area contributed by atoms with E-state index in [1.54, 1.807) is 6.07 Å². The Labute approximate surface area is 128 Å². The number of carboxylic acids is 1. The molecule has 1 aromatic carbocycles. The number of hydrogen-bond acceptors (Lipinski definition) is 2. The Morgan fingerprint density at radius 2 is 1.90 bits per heavy atom. The standard InChI is InChI=1S/C15H19ClN2O3/c1-9-4-3-5-10(2)18(9)15(21)17-11-6-7-13(16)12(8-11)14(19)20/h6-10H,3-5H2,1-2H3,(H,17,21)(H,19,20). The molecule has 0 bridgehead atoms. The van der Waals surface area contributed by atoms with Crippen LogP contribution < -0.4 is 5.32 Å². The predicted molar refractivity (Wildman–Crippen MR) is 82.0 cm³/mol. The summed E-state index contributed by atoms with van der Waals surface area (Å²) in [5.74, 6) is -1.11. The molecule has 1 fully saturated rings. The van der Waals surface area contributed by atoms with Crippen LogP contribution in [-0.4, -0.2) is 34.1 Å². The van der Waals surface area contributed by atoms with Gasteiger partial charge in [0.2, 0.25) is 0 Å². The lowest BCUT2D eigenvalue weighted by molar-refractivity contribution is 0.0697. The predicted octanol–water partition coefficient (Wildman–Crippen LogP) is 3.83. The van der Waals surface area contributed by atoms with Crippen LogP contribution in [0.3, 0.4) is 0 Å². The Hall–Kier alpha value is -1.75. The first-order chi connectivity index (χ1) is 9.90. The van der Waals surface area contributed by atoms with E-state index in [4.69, 9.17) is 16.7 Å². The maximum Gasteiger partial charge on any atom is 0.337 e. The second-order valence-corrected chi connectivity index (χ2v) is 5.87. The van der Waals surface area contributed by atoms with E-state index in [0.717, 1.165) is 19.3 Å². The molecular weight excluding hydrogens is 292 g/mol. The molecule has 2 amide bonds. The summed E-state index contributed by atoms with van der Waals surface area (Å²) in [6.07, 6.45) is 3.09. The van der Waals surface area contributed by atoms with Gasteiger partial charge < -0.3 is 15.3 Å². The number of piperidine rings is 1. The van der Waals surface area contributed by atoms with Crippen LogP contribution in [0, 0.1) is 0 Å². The molecule has 2 N–H and O–H groups in total. The van der Waals surface area contributed by atoms with Gasteiger partial charge in [0.1, 0.15) is 0 Å². The number of anilines is 1. The van der Waals surface area contributed by atoms with Crippen molar-refractivity contribution in [2.75, 3.05) is 5.32 Å². The Morgan fingerprint density at radius 3 is 2.48 bits per heavy atom. The van der Waals surface area contributed by atoms with Crippen LogP contribution in [0.2, 0.25) is 5.02 Å². The molecule has 6 heteroatoms. The number of benzene rings is 1. The molecule has 1 saturated heterocycles. The first kappa shape index (κ1) is 15.6. The average Bonchev–Trinajstić information content (AvgIpc) is 2.40. The van der Waals surface area contributed by atoms with Gasteiger partial charge in [-0.1, -0.05) is 11.6 Å². The van der Waals surface area contributed by atoms with Gasteiger partial charge in [0.05, 0.1) is 10.6 Å². The van der Waals surface area contributed by atoms with Gasteiger partial charge in [-0.15, -0.1) is 0 Å². The van der Waals surface area contributed by atoms with E-state index in [2.05, 4.69) is 5.32 Å². The lowest BCUT2D eigenvalue weighted by Crippen LogP contribution is -2.49. The van der Waals surface area contributed by atoms with Gasteiger partial charge >= 0.3 is 12.0 Å². The van der Waals surface area contributed by atoms with Crippen molar-refractivity contribution in [3.05, 3.63) is 28.8 Å². The number of hydrogen-bond donors (Lipinski definition) is 2. The fourth-order valence-corrected chi connectivity index (χ4v) is 2.97. The molecule has 2 unspecified atom stereocenters. The summed E-state index contributed by atoms with van der Waals surface area (Å²) in [6, 6.07) is 4.62. The van der Waals surface area contributed by atoms with Gasteiger partial charge in [0, 0.05) is 17.8 Å².